The Kier molecular flexibility index (Phi) is 4.42. The van der Waals surface area contributed by atoms with Crippen LogP contribution in [0.4, 0.5) is 10.5 Å². The first-order valence-electron chi connectivity index (χ1n) is 7.29. The zero-order valence-corrected chi connectivity index (χ0v) is 13.1. The maximum Gasteiger partial charge on any atom is 0.414 e. The Morgan fingerprint density at radius 1 is 1.41 bits per heavy atom. The molecular weight excluding hydrogens is 284 g/mol. The molecule has 3 N–H and O–H groups in total. The van der Waals surface area contributed by atoms with Crippen molar-refractivity contribution in [1.82, 2.24) is 0 Å². The monoisotopic (exact) mass is 306 g/mol. The predicted octanol–water partition coefficient (Wildman–Crippen LogP) is 2.11. The summed E-state index contributed by atoms with van der Waals surface area (Å²) in [6.45, 7) is 5.95. The summed E-state index contributed by atoms with van der Waals surface area (Å²) < 4.78 is 5.40. The van der Waals surface area contributed by atoms with Crippen LogP contribution in [-0.4, -0.2) is 35.9 Å². The number of ether oxygens (including phenoxy) is 1. The van der Waals surface area contributed by atoms with E-state index in [1.807, 2.05) is 26.8 Å². The lowest BCUT2D eigenvalue weighted by molar-refractivity contribution is -0.138. The molecule has 0 aliphatic carbocycles. The SMILES string of the molecule is CC(C)(C)OC(=O)N1CCc2c(C(CN)C(=O)O)cccc21. The average molecular weight is 306 g/mol. The molecule has 0 saturated heterocycles. The Bertz CT molecular complexity index is 592. The molecule has 1 heterocycles. The predicted molar refractivity (Wildman–Crippen MR) is 83.2 cm³/mol. The Balaban J connectivity index is 2.34. The molecule has 1 aromatic rings. The van der Waals surface area contributed by atoms with Gasteiger partial charge in [0.1, 0.15) is 5.60 Å². The molecule has 1 unspecified atom stereocenters. The number of nitrogens with zero attached hydrogens (tertiary/aromatic N) is 1. The van der Waals surface area contributed by atoms with Crippen molar-refractivity contribution in [2.24, 2.45) is 5.73 Å². The molecular formula is C16H22N2O4. The molecule has 1 aromatic carbocycles. The highest BCUT2D eigenvalue weighted by atomic mass is 16.6. The minimum absolute atomic E-state index is 0.0260. The number of anilines is 1. The van der Waals surface area contributed by atoms with Gasteiger partial charge in [-0.2, -0.15) is 0 Å². The molecule has 120 valence electrons. The van der Waals surface area contributed by atoms with E-state index in [9.17, 15) is 14.7 Å². The standard InChI is InChI=1S/C16H22N2O4/c1-16(2,3)22-15(21)18-8-7-11-10(5-4-6-13(11)18)12(9-17)14(19)20/h4-6,12H,7-9,17H2,1-3H3,(H,19,20). The van der Waals surface area contributed by atoms with Crippen LogP contribution in [0.1, 0.15) is 37.8 Å². The van der Waals surface area contributed by atoms with E-state index in [2.05, 4.69) is 0 Å². The lowest BCUT2D eigenvalue weighted by Crippen LogP contribution is -2.35. The lowest BCUT2D eigenvalue weighted by atomic mass is 9.93. The van der Waals surface area contributed by atoms with Crippen molar-refractivity contribution >= 4 is 17.7 Å². The first kappa shape index (κ1) is 16.3. The second-order valence-corrected chi connectivity index (χ2v) is 6.35. The van der Waals surface area contributed by atoms with E-state index in [0.29, 0.717) is 24.2 Å². The lowest BCUT2D eigenvalue weighted by Gasteiger charge is -2.25. The smallest absolute Gasteiger partial charge is 0.414 e. The van der Waals surface area contributed by atoms with Crippen molar-refractivity contribution in [2.75, 3.05) is 18.0 Å². The first-order valence-corrected chi connectivity index (χ1v) is 7.29. The minimum Gasteiger partial charge on any atom is -0.481 e. The first-order chi connectivity index (χ1) is 10.2. The summed E-state index contributed by atoms with van der Waals surface area (Å²) in [7, 11) is 0. The topological polar surface area (TPSA) is 92.9 Å². The van der Waals surface area contributed by atoms with Crippen molar-refractivity contribution < 1.29 is 19.4 Å². The highest BCUT2D eigenvalue weighted by Gasteiger charge is 2.32. The number of benzene rings is 1. The fraction of sp³-hybridized carbons (Fsp3) is 0.500. The number of hydrogen-bond donors (Lipinski definition) is 2. The molecule has 1 amide bonds. The third kappa shape index (κ3) is 3.22. The van der Waals surface area contributed by atoms with E-state index in [1.54, 1.807) is 17.0 Å². The van der Waals surface area contributed by atoms with Crippen molar-refractivity contribution in [3.8, 4) is 0 Å². The van der Waals surface area contributed by atoms with Gasteiger partial charge >= 0.3 is 12.1 Å². The van der Waals surface area contributed by atoms with Crippen molar-refractivity contribution in [2.45, 2.75) is 38.7 Å². The molecule has 22 heavy (non-hydrogen) atoms. The van der Waals surface area contributed by atoms with Gasteiger partial charge in [-0.05, 0) is 44.4 Å². The van der Waals surface area contributed by atoms with E-state index >= 15 is 0 Å². The van der Waals surface area contributed by atoms with Gasteiger partial charge in [0, 0.05) is 13.1 Å². The number of nitrogens with two attached hydrogens (primary N) is 1. The number of hydrogen-bond acceptors (Lipinski definition) is 4. The van der Waals surface area contributed by atoms with E-state index < -0.39 is 23.6 Å². The van der Waals surface area contributed by atoms with Crippen LogP contribution in [0.5, 0.6) is 0 Å². The van der Waals surface area contributed by atoms with Gasteiger partial charge in [0.15, 0.2) is 0 Å². The normalized spacial score (nSPS) is 15.4. The highest BCUT2D eigenvalue weighted by molar-refractivity contribution is 5.91. The van der Waals surface area contributed by atoms with Gasteiger partial charge in [-0.3, -0.25) is 9.69 Å². The van der Waals surface area contributed by atoms with Crippen LogP contribution in [0.2, 0.25) is 0 Å². The summed E-state index contributed by atoms with van der Waals surface area (Å²) in [6, 6.07) is 5.33. The van der Waals surface area contributed by atoms with Gasteiger partial charge < -0.3 is 15.6 Å². The van der Waals surface area contributed by atoms with Gasteiger partial charge in [0.25, 0.3) is 0 Å². The Labute approximate surface area is 129 Å². The highest BCUT2D eigenvalue weighted by Crippen LogP contribution is 2.35. The molecule has 0 saturated carbocycles. The molecule has 0 fully saturated rings. The summed E-state index contributed by atoms with van der Waals surface area (Å²) in [6.07, 6.45) is 0.192. The zero-order chi connectivity index (χ0) is 16.5. The molecule has 0 spiro atoms. The number of amides is 1. The molecule has 2 rings (SSSR count). The molecule has 1 atom stereocenters. The number of carboxylic acid groups (broad SMARTS) is 1. The number of carbonyl (C=O) groups is 2. The van der Waals surface area contributed by atoms with E-state index in [0.717, 1.165) is 5.56 Å². The number of carbonyl (C=O) groups excluding carboxylic acids is 1. The van der Waals surface area contributed by atoms with Crippen LogP contribution < -0.4 is 10.6 Å². The molecule has 0 aromatic heterocycles. The molecule has 1 aliphatic heterocycles. The molecule has 1 aliphatic rings. The fourth-order valence-electron chi connectivity index (χ4n) is 2.66. The third-order valence-electron chi connectivity index (χ3n) is 3.59. The molecule has 6 nitrogen and oxygen atoms in total. The van der Waals surface area contributed by atoms with E-state index in [4.69, 9.17) is 10.5 Å². The number of carboxylic acids is 1. The summed E-state index contributed by atoms with van der Waals surface area (Å²) in [5, 5.41) is 9.30. The fourth-order valence-corrected chi connectivity index (χ4v) is 2.66. The molecule has 0 bridgehead atoms. The van der Waals surface area contributed by atoms with Crippen LogP contribution >= 0.6 is 0 Å². The van der Waals surface area contributed by atoms with Crippen molar-refractivity contribution in [3.05, 3.63) is 29.3 Å². The summed E-state index contributed by atoms with van der Waals surface area (Å²) >= 11 is 0. The van der Waals surface area contributed by atoms with E-state index in [-0.39, 0.29) is 6.54 Å². The van der Waals surface area contributed by atoms with Crippen molar-refractivity contribution in [1.29, 1.82) is 0 Å². The second kappa shape index (κ2) is 5.96. The van der Waals surface area contributed by atoms with Crippen LogP contribution in [0.3, 0.4) is 0 Å². The largest absolute Gasteiger partial charge is 0.481 e. The number of rotatable bonds is 3. The summed E-state index contributed by atoms with van der Waals surface area (Å²) in [5.41, 5.74) is 7.28. The van der Waals surface area contributed by atoms with Gasteiger partial charge in [-0.25, -0.2) is 4.79 Å². The maximum atomic E-state index is 12.3. The van der Waals surface area contributed by atoms with E-state index in [1.165, 1.54) is 0 Å². The minimum atomic E-state index is -0.952. The molecule has 0 radical (unpaired) electrons. The third-order valence-corrected chi connectivity index (χ3v) is 3.59. The average Bonchev–Trinajstić information content (AvgIpc) is 2.81. The Morgan fingerprint density at radius 3 is 2.64 bits per heavy atom. The summed E-state index contributed by atoms with van der Waals surface area (Å²) in [4.78, 5) is 25.2. The summed E-state index contributed by atoms with van der Waals surface area (Å²) in [5.74, 6) is -1.71. The molecule has 6 heteroatoms. The zero-order valence-electron chi connectivity index (χ0n) is 13.1. The second-order valence-electron chi connectivity index (χ2n) is 6.35. The number of fused-ring (bicyclic) bond motifs is 1. The van der Waals surface area contributed by atoms with Crippen LogP contribution in [0.15, 0.2) is 18.2 Å². The van der Waals surface area contributed by atoms with Gasteiger partial charge in [-0.15, -0.1) is 0 Å². The van der Waals surface area contributed by atoms with Gasteiger partial charge in [0.2, 0.25) is 0 Å². The maximum absolute atomic E-state index is 12.3. The Morgan fingerprint density at radius 2 is 2.09 bits per heavy atom. The van der Waals surface area contributed by atoms with Crippen LogP contribution in [0.25, 0.3) is 0 Å². The Hall–Kier alpha value is -2.08. The number of aliphatic carboxylic acids is 1. The van der Waals surface area contributed by atoms with Gasteiger partial charge in [-0.1, -0.05) is 12.1 Å². The quantitative estimate of drug-likeness (QED) is 0.892. The van der Waals surface area contributed by atoms with Crippen LogP contribution in [-0.2, 0) is 16.0 Å². The van der Waals surface area contributed by atoms with Crippen molar-refractivity contribution in [3.63, 3.8) is 0 Å². The van der Waals surface area contributed by atoms with Gasteiger partial charge in [0.05, 0.1) is 11.6 Å². The van der Waals surface area contributed by atoms with Crippen LogP contribution in [0, 0.1) is 0 Å².